The molecule has 1 amide bonds. The molecule has 1 saturated heterocycles. The first kappa shape index (κ1) is 17.0. The van der Waals surface area contributed by atoms with Crippen molar-refractivity contribution < 1.29 is 9.53 Å². The van der Waals surface area contributed by atoms with Gasteiger partial charge in [0, 0.05) is 25.3 Å². The molecule has 120 valence electrons. The zero-order chi connectivity index (χ0) is 14.7. The Labute approximate surface area is 147 Å². The van der Waals surface area contributed by atoms with Crippen LogP contribution >= 0.6 is 24.0 Å². The fourth-order valence-corrected chi connectivity index (χ4v) is 2.72. The van der Waals surface area contributed by atoms with Crippen LogP contribution in [-0.2, 0) is 16.0 Å². The SMILES string of the molecule is I.NC(=NCCN1C(=O)Cc2ccccc21)N1CCOCC1. The van der Waals surface area contributed by atoms with E-state index in [2.05, 4.69) is 4.99 Å². The summed E-state index contributed by atoms with van der Waals surface area (Å²) in [7, 11) is 0. The van der Waals surface area contributed by atoms with E-state index in [1.807, 2.05) is 29.2 Å². The van der Waals surface area contributed by atoms with Crippen molar-refractivity contribution in [3.8, 4) is 0 Å². The highest BCUT2D eigenvalue weighted by atomic mass is 127. The van der Waals surface area contributed by atoms with Gasteiger partial charge in [-0.25, -0.2) is 0 Å². The average molecular weight is 416 g/mol. The van der Waals surface area contributed by atoms with Crippen molar-refractivity contribution in [2.45, 2.75) is 6.42 Å². The molecule has 1 aromatic rings. The summed E-state index contributed by atoms with van der Waals surface area (Å²) in [5.41, 5.74) is 8.07. The minimum absolute atomic E-state index is 0. The Morgan fingerprint density at radius 3 is 2.77 bits per heavy atom. The molecule has 2 aliphatic rings. The number of hydrogen-bond acceptors (Lipinski definition) is 3. The number of carbonyl (C=O) groups excluding carboxylic acids is 1. The number of ether oxygens (including phenoxy) is 1. The van der Waals surface area contributed by atoms with Gasteiger partial charge < -0.3 is 20.3 Å². The smallest absolute Gasteiger partial charge is 0.231 e. The summed E-state index contributed by atoms with van der Waals surface area (Å²) in [6.07, 6.45) is 0.485. The summed E-state index contributed by atoms with van der Waals surface area (Å²) in [5.74, 6) is 0.676. The molecule has 0 spiro atoms. The average Bonchev–Trinajstić information content (AvgIpc) is 2.84. The zero-order valence-electron chi connectivity index (χ0n) is 12.4. The Hall–Kier alpha value is -1.35. The molecule has 2 N–H and O–H groups in total. The minimum atomic E-state index is 0. The Bertz CT molecular complexity index is 558. The first-order chi connectivity index (χ1) is 10.3. The van der Waals surface area contributed by atoms with Gasteiger partial charge in [0.05, 0.1) is 26.2 Å². The maximum Gasteiger partial charge on any atom is 0.231 e. The van der Waals surface area contributed by atoms with E-state index < -0.39 is 0 Å². The maximum atomic E-state index is 12.0. The standard InChI is InChI=1S/C15H20N4O2.HI/c16-15(18-7-9-21-10-8-18)17-5-6-19-13-4-2-1-3-12(13)11-14(19)20;/h1-4H,5-11H2,(H2,16,17);1H. The van der Waals surface area contributed by atoms with E-state index >= 15 is 0 Å². The number of halogens is 1. The van der Waals surface area contributed by atoms with E-state index in [9.17, 15) is 4.79 Å². The number of para-hydroxylation sites is 1. The first-order valence-electron chi connectivity index (χ1n) is 7.26. The summed E-state index contributed by atoms with van der Waals surface area (Å²) in [6.45, 7) is 4.02. The molecular weight excluding hydrogens is 395 g/mol. The molecule has 7 heteroatoms. The number of anilines is 1. The molecule has 1 fully saturated rings. The molecule has 0 radical (unpaired) electrons. The van der Waals surface area contributed by atoms with Crippen molar-refractivity contribution >= 4 is 41.5 Å². The van der Waals surface area contributed by atoms with Crippen LogP contribution in [0.5, 0.6) is 0 Å². The monoisotopic (exact) mass is 416 g/mol. The molecule has 2 aliphatic heterocycles. The second-order valence-corrected chi connectivity index (χ2v) is 5.19. The van der Waals surface area contributed by atoms with Crippen molar-refractivity contribution in [2.24, 2.45) is 10.7 Å². The lowest BCUT2D eigenvalue weighted by Gasteiger charge is -2.27. The van der Waals surface area contributed by atoms with Gasteiger partial charge in [-0.1, -0.05) is 18.2 Å². The molecule has 6 nitrogen and oxygen atoms in total. The zero-order valence-corrected chi connectivity index (χ0v) is 14.7. The Balaban J connectivity index is 0.00000176. The number of rotatable bonds is 3. The fraction of sp³-hybridized carbons (Fsp3) is 0.467. The highest BCUT2D eigenvalue weighted by molar-refractivity contribution is 14.0. The molecule has 1 aromatic carbocycles. The number of morpholine rings is 1. The summed E-state index contributed by atoms with van der Waals surface area (Å²) in [4.78, 5) is 20.2. The van der Waals surface area contributed by atoms with Crippen LogP contribution in [0.25, 0.3) is 0 Å². The van der Waals surface area contributed by atoms with Crippen LogP contribution in [0.15, 0.2) is 29.3 Å². The molecule has 2 heterocycles. The molecule has 22 heavy (non-hydrogen) atoms. The number of nitrogens with zero attached hydrogens (tertiary/aromatic N) is 3. The topological polar surface area (TPSA) is 71.2 Å². The summed E-state index contributed by atoms with van der Waals surface area (Å²) >= 11 is 0. The Morgan fingerprint density at radius 1 is 1.27 bits per heavy atom. The molecule has 0 aliphatic carbocycles. The van der Waals surface area contributed by atoms with E-state index in [-0.39, 0.29) is 29.9 Å². The summed E-state index contributed by atoms with van der Waals surface area (Å²) in [6, 6.07) is 7.90. The Kier molecular flexibility index (Phi) is 6.01. The first-order valence-corrected chi connectivity index (χ1v) is 7.26. The molecule has 0 atom stereocenters. The molecular formula is C15H21IN4O2. The van der Waals surface area contributed by atoms with Crippen molar-refractivity contribution in [2.75, 3.05) is 44.3 Å². The quantitative estimate of drug-likeness (QED) is 0.451. The van der Waals surface area contributed by atoms with Crippen molar-refractivity contribution in [1.29, 1.82) is 0 Å². The molecule has 3 rings (SSSR count). The third kappa shape index (κ3) is 3.70. The molecule has 0 bridgehead atoms. The maximum absolute atomic E-state index is 12.0. The fourth-order valence-electron chi connectivity index (χ4n) is 2.72. The number of nitrogens with two attached hydrogens (primary N) is 1. The van der Waals surface area contributed by atoms with Crippen molar-refractivity contribution in [3.05, 3.63) is 29.8 Å². The van der Waals surface area contributed by atoms with E-state index in [1.165, 1.54) is 0 Å². The lowest BCUT2D eigenvalue weighted by Crippen LogP contribution is -2.45. The van der Waals surface area contributed by atoms with Gasteiger partial charge in [-0.3, -0.25) is 9.79 Å². The van der Waals surface area contributed by atoms with E-state index in [4.69, 9.17) is 10.5 Å². The van der Waals surface area contributed by atoms with Gasteiger partial charge in [0.25, 0.3) is 0 Å². The normalized spacial score (nSPS) is 18.2. The van der Waals surface area contributed by atoms with E-state index in [0.29, 0.717) is 38.7 Å². The van der Waals surface area contributed by atoms with Crippen LogP contribution in [0.1, 0.15) is 5.56 Å². The number of hydrogen-bond donors (Lipinski definition) is 1. The number of aliphatic imine (C=N–C) groups is 1. The second-order valence-electron chi connectivity index (χ2n) is 5.19. The van der Waals surface area contributed by atoms with Crippen LogP contribution in [-0.4, -0.2) is 56.2 Å². The number of fused-ring (bicyclic) bond motifs is 1. The third-order valence-corrected chi connectivity index (χ3v) is 3.86. The van der Waals surface area contributed by atoms with Gasteiger partial charge in [0.15, 0.2) is 5.96 Å². The van der Waals surface area contributed by atoms with Gasteiger partial charge >= 0.3 is 0 Å². The van der Waals surface area contributed by atoms with Gasteiger partial charge in [-0.15, -0.1) is 24.0 Å². The van der Waals surface area contributed by atoms with Gasteiger partial charge in [0.1, 0.15) is 0 Å². The van der Waals surface area contributed by atoms with Crippen LogP contribution in [0.2, 0.25) is 0 Å². The van der Waals surface area contributed by atoms with Crippen LogP contribution in [0.3, 0.4) is 0 Å². The van der Waals surface area contributed by atoms with Crippen LogP contribution in [0.4, 0.5) is 5.69 Å². The van der Waals surface area contributed by atoms with Crippen molar-refractivity contribution in [3.63, 3.8) is 0 Å². The summed E-state index contributed by atoms with van der Waals surface area (Å²) in [5, 5.41) is 0. The largest absolute Gasteiger partial charge is 0.378 e. The number of carbonyl (C=O) groups is 1. The third-order valence-electron chi connectivity index (χ3n) is 3.86. The lowest BCUT2D eigenvalue weighted by molar-refractivity contribution is -0.117. The van der Waals surface area contributed by atoms with E-state index in [0.717, 1.165) is 24.3 Å². The van der Waals surface area contributed by atoms with Gasteiger partial charge in [-0.05, 0) is 11.6 Å². The highest BCUT2D eigenvalue weighted by Gasteiger charge is 2.26. The van der Waals surface area contributed by atoms with Gasteiger partial charge in [0.2, 0.25) is 5.91 Å². The van der Waals surface area contributed by atoms with Crippen LogP contribution < -0.4 is 10.6 Å². The molecule has 0 saturated carbocycles. The summed E-state index contributed by atoms with van der Waals surface area (Å²) < 4.78 is 5.28. The predicted molar refractivity (Wildman–Crippen MR) is 96.8 cm³/mol. The second kappa shape index (κ2) is 7.77. The molecule has 0 unspecified atom stereocenters. The minimum Gasteiger partial charge on any atom is -0.378 e. The number of amides is 1. The number of benzene rings is 1. The van der Waals surface area contributed by atoms with E-state index in [1.54, 1.807) is 4.90 Å². The number of guanidine groups is 1. The van der Waals surface area contributed by atoms with Gasteiger partial charge in [-0.2, -0.15) is 0 Å². The predicted octanol–water partition coefficient (Wildman–Crippen LogP) is 0.841. The van der Waals surface area contributed by atoms with Crippen molar-refractivity contribution in [1.82, 2.24) is 4.90 Å². The van der Waals surface area contributed by atoms with Crippen LogP contribution in [0, 0.1) is 0 Å². The molecule has 0 aromatic heterocycles. The lowest BCUT2D eigenvalue weighted by atomic mass is 10.2. The Morgan fingerprint density at radius 2 is 2.00 bits per heavy atom. The highest BCUT2D eigenvalue weighted by Crippen LogP contribution is 2.27.